The summed E-state index contributed by atoms with van der Waals surface area (Å²) in [5.74, 6) is -0.279. The maximum absolute atomic E-state index is 13.6. The molecule has 2 aromatic rings. The van der Waals surface area contributed by atoms with E-state index in [0.29, 0.717) is 15.6 Å². The van der Waals surface area contributed by atoms with E-state index in [0.717, 1.165) is 5.56 Å². The highest BCUT2D eigenvalue weighted by Crippen LogP contribution is 2.30. The lowest BCUT2D eigenvalue weighted by Crippen LogP contribution is -1.86. The minimum Gasteiger partial charge on any atom is -0.206 e. The largest absolute Gasteiger partial charge is 0.206 e. The molecule has 0 aliphatic rings. The Balaban J connectivity index is 2.55. The van der Waals surface area contributed by atoms with Gasteiger partial charge in [0.15, 0.2) is 0 Å². The number of benzene rings is 2. The summed E-state index contributed by atoms with van der Waals surface area (Å²) >= 11 is 3.31. The molecular formula is C13H7BrFN. The molecule has 0 bridgehead atoms. The van der Waals surface area contributed by atoms with Crippen LogP contribution >= 0.6 is 15.9 Å². The standard InChI is InChI=1S/C13H7BrFN/c14-11-2-1-3-12(15)13(11)10-6-4-9(8-16)5-7-10/h1-7H. The molecule has 1 nitrogen and oxygen atoms in total. The van der Waals surface area contributed by atoms with Crippen molar-refractivity contribution in [1.29, 1.82) is 5.26 Å². The van der Waals surface area contributed by atoms with E-state index in [9.17, 15) is 4.39 Å². The predicted octanol–water partition coefficient (Wildman–Crippen LogP) is 4.13. The molecule has 0 atom stereocenters. The van der Waals surface area contributed by atoms with Crippen molar-refractivity contribution in [3.05, 3.63) is 58.3 Å². The first-order valence-electron chi connectivity index (χ1n) is 4.67. The molecule has 0 fully saturated rings. The second-order valence-electron chi connectivity index (χ2n) is 3.29. The van der Waals surface area contributed by atoms with Crippen LogP contribution in [0.2, 0.25) is 0 Å². The molecule has 16 heavy (non-hydrogen) atoms. The van der Waals surface area contributed by atoms with E-state index in [-0.39, 0.29) is 5.82 Å². The summed E-state index contributed by atoms with van der Waals surface area (Å²) < 4.78 is 14.3. The fourth-order valence-corrected chi connectivity index (χ4v) is 2.06. The minimum absolute atomic E-state index is 0.279. The highest BCUT2D eigenvalue weighted by atomic mass is 79.9. The summed E-state index contributed by atoms with van der Waals surface area (Å²) in [5, 5.41) is 8.67. The molecule has 0 aromatic heterocycles. The van der Waals surface area contributed by atoms with Crippen molar-refractivity contribution in [2.24, 2.45) is 0 Å². The molecule has 0 unspecified atom stereocenters. The first-order chi connectivity index (χ1) is 7.72. The van der Waals surface area contributed by atoms with Gasteiger partial charge < -0.3 is 0 Å². The van der Waals surface area contributed by atoms with Gasteiger partial charge in [0, 0.05) is 10.0 Å². The topological polar surface area (TPSA) is 23.8 Å². The molecular weight excluding hydrogens is 269 g/mol. The molecule has 0 spiro atoms. The van der Waals surface area contributed by atoms with Gasteiger partial charge in [0.05, 0.1) is 11.6 Å². The van der Waals surface area contributed by atoms with Crippen LogP contribution in [0.3, 0.4) is 0 Å². The SMILES string of the molecule is N#Cc1ccc(-c2c(F)cccc2Br)cc1. The average Bonchev–Trinajstić information content (AvgIpc) is 2.30. The normalized spacial score (nSPS) is 9.81. The number of halogens is 2. The first kappa shape index (κ1) is 10.8. The van der Waals surface area contributed by atoms with Crippen LogP contribution in [0.4, 0.5) is 4.39 Å². The van der Waals surface area contributed by atoms with Crippen LogP contribution in [0.5, 0.6) is 0 Å². The van der Waals surface area contributed by atoms with Gasteiger partial charge in [-0.15, -0.1) is 0 Å². The van der Waals surface area contributed by atoms with Crippen molar-refractivity contribution in [3.63, 3.8) is 0 Å². The molecule has 0 heterocycles. The Hall–Kier alpha value is -1.66. The monoisotopic (exact) mass is 275 g/mol. The van der Waals surface area contributed by atoms with E-state index in [4.69, 9.17) is 5.26 Å². The zero-order chi connectivity index (χ0) is 11.5. The van der Waals surface area contributed by atoms with Crippen molar-refractivity contribution in [2.75, 3.05) is 0 Å². The molecule has 0 aliphatic carbocycles. The minimum atomic E-state index is -0.279. The Morgan fingerprint density at radius 2 is 1.75 bits per heavy atom. The number of rotatable bonds is 1. The summed E-state index contributed by atoms with van der Waals surface area (Å²) in [6.07, 6.45) is 0. The Bertz CT molecular complexity index is 535. The van der Waals surface area contributed by atoms with Gasteiger partial charge in [-0.1, -0.05) is 34.1 Å². The average molecular weight is 276 g/mol. The molecule has 0 saturated heterocycles. The van der Waals surface area contributed by atoms with Gasteiger partial charge in [0.25, 0.3) is 0 Å². The quantitative estimate of drug-likeness (QED) is 0.768. The van der Waals surface area contributed by atoms with Crippen LogP contribution < -0.4 is 0 Å². The fraction of sp³-hybridized carbons (Fsp3) is 0. The van der Waals surface area contributed by atoms with Crippen molar-refractivity contribution < 1.29 is 4.39 Å². The van der Waals surface area contributed by atoms with Gasteiger partial charge in [-0.05, 0) is 29.8 Å². The summed E-state index contributed by atoms with van der Waals surface area (Å²) in [4.78, 5) is 0. The van der Waals surface area contributed by atoms with E-state index in [2.05, 4.69) is 15.9 Å². The zero-order valence-electron chi connectivity index (χ0n) is 8.24. The van der Waals surface area contributed by atoms with Crippen molar-refractivity contribution in [3.8, 4) is 17.2 Å². The van der Waals surface area contributed by atoms with Crippen LogP contribution in [-0.2, 0) is 0 Å². The summed E-state index contributed by atoms with van der Waals surface area (Å²) in [7, 11) is 0. The Labute approximate surface area is 101 Å². The zero-order valence-corrected chi connectivity index (χ0v) is 9.83. The van der Waals surface area contributed by atoms with Crippen LogP contribution in [0, 0.1) is 17.1 Å². The van der Waals surface area contributed by atoms with Gasteiger partial charge in [-0.3, -0.25) is 0 Å². The van der Waals surface area contributed by atoms with Crippen LogP contribution in [0.25, 0.3) is 11.1 Å². The molecule has 2 aromatic carbocycles. The first-order valence-corrected chi connectivity index (χ1v) is 5.46. The van der Waals surface area contributed by atoms with Gasteiger partial charge >= 0.3 is 0 Å². The van der Waals surface area contributed by atoms with E-state index in [1.54, 1.807) is 36.4 Å². The molecule has 0 saturated carbocycles. The van der Waals surface area contributed by atoms with Gasteiger partial charge in [0.2, 0.25) is 0 Å². The van der Waals surface area contributed by atoms with Crippen molar-refractivity contribution in [1.82, 2.24) is 0 Å². The summed E-state index contributed by atoms with van der Waals surface area (Å²) in [6.45, 7) is 0. The molecule has 0 amide bonds. The van der Waals surface area contributed by atoms with Crippen LogP contribution in [0.15, 0.2) is 46.9 Å². The van der Waals surface area contributed by atoms with Gasteiger partial charge in [-0.25, -0.2) is 4.39 Å². The van der Waals surface area contributed by atoms with E-state index < -0.39 is 0 Å². The van der Waals surface area contributed by atoms with Gasteiger partial charge in [-0.2, -0.15) is 5.26 Å². The lowest BCUT2D eigenvalue weighted by molar-refractivity contribution is 0.630. The molecule has 0 aliphatic heterocycles. The maximum atomic E-state index is 13.6. The highest BCUT2D eigenvalue weighted by Gasteiger charge is 2.08. The van der Waals surface area contributed by atoms with Gasteiger partial charge in [0.1, 0.15) is 5.82 Å². The number of hydrogen-bond acceptors (Lipinski definition) is 1. The summed E-state index contributed by atoms with van der Waals surface area (Å²) in [6, 6.07) is 13.7. The smallest absolute Gasteiger partial charge is 0.132 e. The van der Waals surface area contributed by atoms with Crippen molar-refractivity contribution >= 4 is 15.9 Å². The van der Waals surface area contributed by atoms with Crippen molar-refractivity contribution in [2.45, 2.75) is 0 Å². The second-order valence-corrected chi connectivity index (χ2v) is 4.14. The van der Waals surface area contributed by atoms with E-state index in [1.807, 2.05) is 6.07 Å². The van der Waals surface area contributed by atoms with E-state index >= 15 is 0 Å². The second kappa shape index (κ2) is 4.46. The number of nitrogens with zero attached hydrogens (tertiary/aromatic N) is 1. The number of nitriles is 1. The molecule has 0 N–H and O–H groups in total. The third-order valence-corrected chi connectivity index (χ3v) is 2.93. The highest BCUT2D eigenvalue weighted by molar-refractivity contribution is 9.10. The Kier molecular flexibility index (Phi) is 3.02. The third kappa shape index (κ3) is 1.98. The lowest BCUT2D eigenvalue weighted by Gasteiger charge is -2.05. The number of hydrogen-bond donors (Lipinski definition) is 0. The molecule has 3 heteroatoms. The maximum Gasteiger partial charge on any atom is 0.132 e. The Morgan fingerprint density at radius 3 is 2.31 bits per heavy atom. The van der Waals surface area contributed by atoms with E-state index in [1.165, 1.54) is 6.07 Å². The molecule has 2 rings (SSSR count). The summed E-state index contributed by atoms with van der Waals surface area (Å²) in [5.41, 5.74) is 1.84. The van der Waals surface area contributed by atoms with Crippen LogP contribution in [-0.4, -0.2) is 0 Å². The molecule has 78 valence electrons. The third-order valence-electron chi connectivity index (χ3n) is 2.27. The lowest BCUT2D eigenvalue weighted by atomic mass is 10.0. The fourth-order valence-electron chi connectivity index (χ4n) is 1.49. The predicted molar refractivity (Wildman–Crippen MR) is 64.3 cm³/mol. The van der Waals surface area contributed by atoms with Crippen LogP contribution in [0.1, 0.15) is 5.56 Å². The Morgan fingerprint density at radius 1 is 1.06 bits per heavy atom. The molecule has 0 radical (unpaired) electrons.